The lowest BCUT2D eigenvalue weighted by Gasteiger charge is -2.23. The van der Waals surface area contributed by atoms with Gasteiger partial charge in [0.2, 0.25) is 0 Å². The van der Waals surface area contributed by atoms with Gasteiger partial charge < -0.3 is 10.1 Å². The van der Waals surface area contributed by atoms with Crippen molar-refractivity contribution in [3.8, 4) is 5.75 Å². The molecule has 102 valence electrons. The highest BCUT2D eigenvalue weighted by molar-refractivity contribution is 5.39. The van der Waals surface area contributed by atoms with Crippen LogP contribution in [0, 0.1) is 0 Å². The minimum atomic E-state index is 0.169. The van der Waals surface area contributed by atoms with Crippen LogP contribution in [-0.4, -0.2) is 32.8 Å². The lowest BCUT2D eigenvalue weighted by molar-refractivity contribution is 0.302. The summed E-state index contributed by atoms with van der Waals surface area (Å²) in [5.41, 5.74) is 2.75. The van der Waals surface area contributed by atoms with Gasteiger partial charge in [0.25, 0.3) is 0 Å². The van der Waals surface area contributed by atoms with E-state index in [2.05, 4.69) is 56.2 Å². The zero-order valence-corrected chi connectivity index (χ0v) is 12.5. The number of nitrogens with zero attached hydrogens (tertiary/aromatic N) is 1. The second-order valence-corrected chi connectivity index (χ2v) is 5.80. The molecule has 1 N–H and O–H groups in total. The average Bonchev–Trinajstić information content (AvgIpc) is 2.28. The van der Waals surface area contributed by atoms with E-state index < -0.39 is 0 Å². The number of ether oxygens (including phenoxy) is 1. The van der Waals surface area contributed by atoms with Crippen molar-refractivity contribution in [1.82, 2.24) is 10.2 Å². The van der Waals surface area contributed by atoms with E-state index in [1.54, 1.807) is 7.11 Å². The van der Waals surface area contributed by atoms with Crippen LogP contribution >= 0.6 is 0 Å². The van der Waals surface area contributed by atoms with E-state index >= 15 is 0 Å². The lowest BCUT2D eigenvalue weighted by Crippen LogP contribution is -2.28. The van der Waals surface area contributed by atoms with E-state index in [1.807, 2.05) is 7.05 Å². The van der Waals surface area contributed by atoms with Crippen molar-refractivity contribution >= 4 is 0 Å². The van der Waals surface area contributed by atoms with E-state index in [-0.39, 0.29) is 5.41 Å². The first-order valence-electron chi connectivity index (χ1n) is 6.39. The van der Waals surface area contributed by atoms with Gasteiger partial charge in [0.15, 0.2) is 0 Å². The highest BCUT2D eigenvalue weighted by atomic mass is 16.5. The Kier molecular flexibility index (Phi) is 5.17. The van der Waals surface area contributed by atoms with E-state index in [0.717, 1.165) is 19.0 Å². The monoisotopic (exact) mass is 250 g/mol. The standard InChI is InChI=1S/C15H26N2O/c1-15(2,3)13-7-8-14(18-6)12(9-13)10-17(5)11-16-4/h7-9,16H,10-11H2,1-6H3. The van der Waals surface area contributed by atoms with Gasteiger partial charge in [-0.1, -0.05) is 32.9 Å². The molecule has 0 aromatic heterocycles. The topological polar surface area (TPSA) is 24.5 Å². The smallest absolute Gasteiger partial charge is 0.123 e. The van der Waals surface area contributed by atoms with Crippen molar-refractivity contribution in [2.75, 3.05) is 27.9 Å². The van der Waals surface area contributed by atoms with Gasteiger partial charge in [0, 0.05) is 18.8 Å². The van der Waals surface area contributed by atoms with Gasteiger partial charge in [-0.2, -0.15) is 0 Å². The fourth-order valence-corrected chi connectivity index (χ4v) is 1.99. The van der Waals surface area contributed by atoms with Crippen LogP contribution in [0.3, 0.4) is 0 Å². The quantitative estimate of drug-likeness (QED) is 0.813. The number of hydrogen-bond acceptors (Lipinski definition) is 3. The molecule has 0 aliphatic heterocycles. The molecule has 0 radical (unpaired) electrons. The van der Waals surface area contributed by atoms with Crippen LogP contribution in [0.4, 0.5) is 0 Å². The van der Waals surface area contributed by atoms with E-state index in [1.165, 1.54) is 11.1 Å². The molecular weight excluding hydrogens is 224 g/mol. The molecule has 0 saturated carbocycles. The average molecular weight is 250 g/mol. The molecule has 0 amide bonds. The summed E-state index contributed by atoms with van der Waals surface area (Å²) < 4.78 is 5.44. The van der Waals surface area contributed by atoms with Crippen molar-refractivity contribution in [3.05, 3.63) is 29.3 Å². The molecule has 1 aromatic rings. The first kappa shape index (κ1) is 15.0. The van der Waals surface area contributed by atoms with Crippen LogP contribution in [-0.2, 0) is 12.0 Å². The molecule has 1 aromatic carbocycles. The van der Waals surface area contributed by atoms with E-state index in [4.69, 9.17) is 4.74 Å². The van der Waals surface area contributed by atoms with Gasteiger partial charge >= 0.3 is 0 Å². The van der Waals surface area contributed by atoms with Crippen LogP contribution in [0.15, 0.2) is 18.2 Å². The Hall–Kier alpha value is -1.06. The third-order valence-electron chi connectivity index (χ3n) is 3.01. The summed E-state index contributed by atoms with van der Waals surface area (Å²) in [7, 11) is 5.78. The van der Waals surface area contributed by atoms with Crippen molar-refractivity contribution in [3.63, 3.8) is 0 Å². The summed E-state index contributed by atoms with van der Waals surface area (Å²) in [6.45, 7) is 8.44. The van der Waals surface area contributed by atoms with Gasteiger partial charge in [-0.05, 0) is 31.1 Å². The largest absolute Gasteiger partial charge is 0.496 e. The summed E-state index contributed by atoms with van der Waals surface area (Å²) >= 11 is 0. The predicted octanol–water partition coefficient (Wildman–Crippen LogP) is 2.60. The fraction of sp³-hybridized carbons (Fsp3) is 0.600. The van der Waals surface area contributed by atoms with Crippen molar-refractivity contribution in [2.45, 2.75) is 32.7 Å². The summed E-state index contributed by atoms with van der Waals surface area (Å²) in [4.78, 5) is 2.23. The number of benzene rings is 1. The molecular formula is C15H26N2O. The normalized spacial score (nSPS) is 11.9. The molecule has 0 bridgehead atoms. The Morgan fingerprint density at radius 2 is 1.94 bits per heavy atom. The maximum Gasteiger partial charge on any atom is 0.123 e. The van der Waals surface area contributed by atoms with Crippen LogP contribution < -0.4 is 10.1 Å². The maximum atomic E-state index is 5.44. The molecule has 3 heteroatoms. The molecule has 18 heavy (non-hydrogen) atoms. The molecule has 3 nitrogen and oxygen atoms in total. The van der Waals surface area contributed by atoms with Crippen LogP contribution in [0.2, 0.25) is 0 Å². The molecule has 0 spiro atoms. The van der Waals surface area contributed by atoms with Gasteiger partial charge in [-0.25, -0.2) is 0 Å². The molecule has 0 aliphatic rings. The Labute approximate surface area is 111 Å². The molecule has 0 aliphatic carbocycles. The minimum Gasteiger partial charge on any atom is -0.496 e. The van der Waals surface area contributed by atoms with E-state index in [9.17, 15) is 0 Å². The summed E-state index contributed by atoms with van der Waals surface area (Å²) in [6.07, 6.45) is 0. The molecule has 0 fully saturated rings. The number of hydrogen-bond donors (Lipinski definition) is 1. The third-order valence-corrected chi connectivity index (χ3v) is 3.01. The summed E-state index contributed by atoms with van der Waals surface area (Å²) in [5.74, 6) is 0.964. The Morgan fingerprint density at radius 1 is 1.28 bits per heavy atom. The first-order chi connectivity index (χ1) is 8.38. The summed E-state index contributed by atoms with van der Waals surface area (Å²) in [5, 5.41) is 3.16. The van der Waals surface area contributed by atoms with Crippen molar-refractivity contribution in [1.29, 1.82) is 0 Å². The van der Waals surface area contributed by atoms with Crippen molar-refractivity contribution in [2.24, 2.45) is 0 Å². The SMILES string of the molecule is CNCN(C)Cc1cc(C(C)(C)C)ccc1OC. The van der Waals surface area contributed by atoms with Gasteiger partial charge in [-0.3, -0.25) is 4.90 Å². The fourth-order valence-electron chi connectivity index (χ4n) is 1.99. The van der Waals surface area contributed by atoms with Crippen LogP contribution in [0.25, 0.3) is 0 Å². The molecule has 0 unspecified atom stereocenters. The maximum absolute atomic E-state index is 5.44. The number of rotatable bonds is 5. The molecule has 0 saturated heterocycles. The third kappa shape index (κ3) is 4.00. The zero-order chi connectivity index (χ0) is 13.8. The lowest BCUT2D eigenvalue weighted by atomic mass is 9.86. The van der Waals surface area contributed by atoms with Crippen LogP contribution in [0.1, 0.15) is 31.9 Å². The second-order valence-electron chi connectivity index (χ2n) is 5.80. The van der Waals surface area contributed by atoms with Crippen molar-refractivity contribution < 1.29 is 4.74 Å². The second kappa shape index (κ2) is 6.21. The Morgan fingerprint density at radius 3 is 2.44 bits per heavy atom. The number of methoxy groups -OCH3 is 1. The minimum absolute atomic E-state index is 0.169. The predicted molar refractivity (Wildman–Crippen MR) is 77.1 cm³/mol. The number of nitrogens with one attached hydrogen (secondary N) is 1. The van der Waals surface area contributed by atoms with Gasteiger partial charge in [0.05, 0.1) is 7.11 Å². The Balaban J connectivity index is 2.99. The molecule has 1 rings (SSSR count). The first-order valence-corrected chi connectivity index (χ1v) is 6.39. The highest BCUT2D eigenvalue weighted by Crippen LogP contribution is 2.28. The molecule has 0 atom stereocenters. The van der Waals surface area contributed by atoms with Gasteiger partial charge in [-0.15, -0.1) is 0 Å². The van der Waals surface area contributed by atoms with Crippen LogP contribution in [0.5, 0.6) is 5.75 Å². The summed E-state index contributed by atoms with van der Waals surface area (Å²) in [6, 6.07) is 6.48. The van der Waals surface area contributed by atoms with Gasteiger partial charge in [0.1, 0.15) is 5.75 Å². The molecule has 0 heterocycles. The zero-order valence-electron chi connectivity index (χ0n) is 12.5. The van der Waals surface area contributed by atoms with E-state index in [0.29, 0.717) is 0 Å². The Bertz CT molecular complexity index is 383. The highest BCUT2D eigenvalue weighted by Gasteiger charge is 2.16.